The highest BCUT2D eigenvalue weighted by molar-refractivity contribution is 7.81. The molecule has 0 aromatic rings. The zero-order valence-electron chi connectivity index (χ0n) is 6.36. The molecule has 0 spiro atoms. The molecule has 12 heavy (non-hydrogen) atoms. The number of carbonyl (C=O) groups is 2. The molecule has 0 heterocycles. The van der Waals surface area contributed by atoms with Gasteiger partial charge in [-0.2, -0.15) is 25.3 Å². The summed E-state index contributed by atoms with van der Waals surface area (Å²) < 4.78 is 0. The number of thiol groups is 2. The van der Waals surface area contributed by atoms with Crippen molar-refractivity contribution in [1.82, 2.24) is 12.3 Å². The van der Waals surface area contributed by atoms with Gasteiger partial charge in [0.05, 0.1) is 11.5 Å². The van der Waals surface area contributed by atoms with Crippen molar-refractivity contribution in [2.75, 3.05) is 11.5 Å². The molecule has 0 bridgehead atoms. The molecule has 74 valence electrons. The zero-order valence-corrected chi connectivity index (χ0v) is 8.14. The van der Waals surface area contributed by atoms with Gasteiger partial charge in [0, 0.05) is 0 Å². The minimum Gasteiger partial charge on any atom is -0.344 e. The molecule has 6 N–H and O–H groups in total. The molecule has 0 radical (unpaired) electrons. The van der Waals surface area contributed by atoms with E-state index in [9.17, 15) is 9.59 Å². The average molecular weight is 216 g/mol. The van der Waals surface area contributed by atoms with E-state index in [2.05, 4.69) is 35.0 Å². The van der Waals surface area contributed by atoms with E-state index in [1.54, 1.807) is 0 Å². The van der Waals surface area contributed by atoms with Gasteiger partial charge >= 0.3 is 11.9 Å². The SMILES string of the molecule is N.N.O=C(CS)OOC(=O)CS. The Labute approximate surface area is 80.9 Å². The molecule has 8 heteroatoms. The van der Waals surface area contributed by atoms with Crippen LogP contribution in [0.15, 0.2) is 0 Å². The molecule has 0 saturated heterocycles. The van der Waals surface area contributed by atoms with Gasteiger partial charge in [-0.15, -0.1) is 0 Å². The monoisotopic (exact) mass is 216 g/mol. The van der Waals surface area contributed by atoms with E-state index in [0.717, 1.165) is 0 Å². The molecule has 6 nitrogen and oxygen atoms in total. The Morgan fingerprint density at radius 1 is 0.917 bits per heavy atom. The third kappa shape index (κ3) is 9.56. The molecule has 0 unspecified atom stereocenters. The first-order valence-corrected chi connectivity index (χ1v) is 3.59. The average Bonchev–Trinajstić information content (AvgIpc) is 1.99. The fraction of sp³-hybridized carbons (Fsp3) is 0.500. The maximum Gasteiger partial charge on any atom is 0.365 e. The third-order valence-electron chi connectivity index (χ3n) is 0.486. The van der Waals surface area contributed by atoms with Gasteiger partial charge in [-0.1, -0.05) is 0 Å². The minimum absolute atomic E-state index is 0. The zero-order chi connectivity index (χ0) is 7.98. The molecule has 0 atom stereocenters. The summed E-state index contributed by atoms with van der Waals surface area (Å²) in [6, 6.07) is 0. The van der Waals surface area contributed by atoms with Gasteiger partial charge in [0.15, 0.2) is 0 Å². The quantitative estimate of drug-likeness (QED) is 0.296. The van der Waals surface area contributed by atoms with Crippen LogP contribution in [0, 0.1) is 0 Å². The fourth-order valence-corrected chi connectivity index (χ4v) is 0.251. The summed E-state index contributed by atoms with van der Waals surface area (Å²) in [6.45, 7) is 0. The van der Waals surface area contributed by atoms with Crippen molar-refractivity contribution in [3.8, 4) is 0 Å². The van der Waals surface area contributed by atoms with E-state index < -0.39 is 11.9 Å². The van der Waals surface area contributed by atoms with Crippen molar-refractivity contribution < 1.29 is 19.4 Å². The molecule has 0 rings (SSSR count). The molecular formula is C4H12N2O4S2. The second-order valence-corrected chi connectivity index (χ2v) is 1.86. The summed E-state index contributed by atoms with van der Waals surface area (Å²) in [7, 11) is 0. The highest BCUT2D eigenvalue weighted by Gasteiger charge is 2.04. The Morgan fingerprint density at radius 2 is 1.17 bits per heavy atom. The van der Waals surface area contributed by atoms with Crippen LogP contribution < -0.4 is 12.3 Å². The van der Waals surface area contributed by atoms with Crippen LogP contribution in [0.5, 0.6) is 0 Å². The highest BCUT2D eigenvalue weighted by Crippen LogP contribution is 1.86. The highest BCUT2D eigenvalue weighted by atomic mass is 32.1. The van der Waals surface area contributed by atoms with E-state index in [0.29, 0.717) is 0 Å². The number of hydrogen-bond donors (Lipinski definition) is 4. The van der Waals surface area contributed by atoms with E-state index in [1.807, 2.05) is 0 Å². The van der Waals surface area contributed by atoms with Crippen LogP contribution in [0.1, 0.15) is 0 Å². The van der Waals surface area contributed by atoms with E-state index in [1.165, 1.54) is 0 Å². The maximum atomic E-state index is 10.2. The summed E-state index contributed by atoms with van der Waals surface area (Å²) in [5.74, 6) is -1.67. The van der Waals surface area contributed by atoms with Gasteiger partial charge in [0.1, 0.15) is 0 Å². The minimum atomic E-state index is -0.710. The molecule has 0 aromatic carbocycles. The van der Waals surface area contributed by atoms with Crippen LogP contribution >= 0.6 is 25.3 Å². The van der Waals surface area contributed by atoms with Crippen LogP contribution in [-0.2, 0) is 19.4 Å². The summed E-state index contributed by atoms with van der Waals surface area (Å²) in [4.78, 5) is 28.3. The lowest BCUT2D eigenvalue weighted by molar-refractivity contribution is -0.254. The first-order valence-electron chi connectivity index (χ1n) is 2.32. The summed E-state index contributed by atoms with van der Waals surface area (Å²) >= 11 is 7.12. The topological polar surface area (TPSA) is 123 Å². The Kier molecular flexibility index (Phi) is 15.5. The van der Waals surface area contributed by atoms with Crippen molar-refractivity contribution >= 4 is 37.2 Å². The van der Waals surface area contributed by atoms with Gasteiger partial charge in [-0.25, -0.2) is 19.4 Å². The molecule has 0 aliphatic rings. The van der Waals surface area contributed by atoms with Crippen molar-refractivity contribution in [2.24, 2.45) is 0 Å². The fourth-order valence-electron chi connectivity index (χ4n) is 0.146. The van der Waals surface area contributed by atoms with Crippen molar-refractivity contribution in [3.63, 3.8) is 0 Å². The Morgan fingerprint density at radius 3 is 1.33 bits per heavy atom. The maximum absolute atomic E-state index is 10.2. The van der Waals surface area contributed by atoms with E-state index >= 15 is 0 Å². The Balaban J connectivity index is -0.000000405. The summed E-state index contributed by atoms with van der Waals surface area (Å²) in [6.07, 6.45) is 0. The van der Waals surface area contributed by atoms with E-state index in [-0.39, 0.29) is 23.8 Å². The number of rotatable bonds is 2. The van der Waals surface area contributed by atoms with E-state index in [4.69, 9.17) is 0 Å². The lowest BCUT2D eigenvalue weighted by Gasteiger charge is -1.97. The molecule has 0 aromatic heterocycles. The van der Waals surface area contributed by atoms with Gasteiger partial charge in [-0.3, -0.25) is 0 Å². The van der Waals surface area contributed by atoms with Crippen LogP contribution in [0.4, 0.5) is 0 Å². The van der Waals surface area contributed by atoms with Gasteiger partial charge < -0.3 is 12.3 Å². The van der Waals surface area contributed by atoms with Gasteiger partial charge in [0.2, 0.25) is 0 Å². The third-order valence-corrected chi connectivity index (χ3v) is 1.00. The smallest absolute Gasteiger partial charge is 0.344 e. The lowest BCUT2D eigenvalue weighted by Crippen LogP contribution is -2.12. The van der Waals surface area contributed by atoms with Crippen molar-refractivity contribution in [1.29, 1.82) is 0 Å². The molecule has 0 aliphatic heterocycles. The second-order valence-electron chi connectivity index (χ2n) is 1.23. The first-order chi connectivity index (χ1) is 4.70. The van der Waals surface area contributed by atoms with Crippen LogP contribution in [0.25, 0.3) is 0 Å². The van der Waals surface area contributed by atoms with Crippen molar-refractivity contribution in [3.05, 3.63) is 0 Å². The summed E-state index contributed by atoms with van der Waals surface area (Å²) in [5.41, 5.74) is 0. The predicted molar refractivity (Wildman–Crippen MR) is 49.9 cm³/mol. The molecule has 0 aliphatic carbocycles. The molecule has 0 fully saturated rings. The molecular weight excluding hydrogens is 204 g/mol. The molecule has 0 saturated carbocycles. The predicted octanol–water partition coefficient (Wildman–Crippen LogP) is 0.171. The van der Waals surface area contributed by atoms with Crippen LogP contribution in [0.2, 0.25) is 0 Å². The van der Waals surface area contributed by atoms with Gasteiger partial charge in [-0.05, 0) is 0 Å². The second kappa shape index (κ2) is 10.6. The Bertz CT molecular complexity index is 127. The summed E-state index contributed by atoms with van der Waals surface area (Å²) in [5, 5.41) is 0. The van der Waals surface area contributed by atoms with Gasteiger partial charge in [0.25, 0.3) is 0 Å². The lowest BCUT2D eigenvalue weighted by atomic mass is 10.8. The number of hydrogen-bond acceptors (Lipinski definition) is 8. The Hall–Kier alpha value is -0.440. The first kappa shape index (κ1) is 17.6. The molecule has 0 amide bonds. The normalized spacial score (nSPS) is 7.17. The largest absolute Gasteiger partial charge is 0.365 e. The van der Waals surface area contributed by atoms with Crippen LogP contribution in [-0.4, -0.2) is 23.4 Å². The number of carbonyl (C=O) groups excluding carboxylic acids is 2. The van der Waals surface area contributed by atoms with Crippen LogP contribution in [0.3, 0.4) is 0 Å². The van der Waals surface area contributed by atoms with Crippen molar-refractivity contribution in [2.45, 2.75) is 0 Å². The standard InChI is InChI=1S/C4H6O4S2.2H3N/c5-3(1-9)7-8-4(6)2-10;;/h9-10H,1-2H2;2*1H3.